The summed E-state index contributed by atoms with van der Waals surface area (Å²) in [4.78, 5) is 45.2. The van der Waals surface area contributed by atoms with Crippen LogP contribution in [-0.2, 0) is 9.59 Å². The van der Waals surface area contributed by atoms with Crippen LogP contribution >= 0.6 is 0 Å². The number of carbonyl (C=O) groups excluding carboxylic acids is 3. The van der Waals surface area contributed by atoms with E-state index >= 15 is 0 Å². The molecule has 0 unspecified atom stereocenters. The molecule has 1 saturated carbocycles. The first-order valence-electron chi connectivity index (χ1n) is 12.2. The van der Waals surface area contributed by atoms with Crippen molar-refractivity contribution in [3.8, 4) is 0 Å². The zero-order chi connectivity index (χ0) is 23.6. The maximum Gasteiger partial charge on any atom is 0.254 e. The number of allylic oxidation sites excluding steroid dienone is 2. The van der Waals surface area contributed by atoms with Crippen LogP contribution in [0, 0.1) is 37.5 Å². The molecule has 2 heterocycles. The topological polar surface area (TPSA) is 60.9 Å². The average molecular weight is 456 g/mol. The van der Waals surface area contributed by atoms with E-state index < -0.39 is 0 Å². The Morgan fingerprint density at radius 3 is 2.18 bits per heavy atom. The van der Waals surface area contributed by atoms with E-state index in [4.69, 9.17) is 0 Å². The molecule has 0 spiro atoms. The Labute approximate surface area is 199 Å². The van der Waals surface area contributed by atoms with E-state index in [0.717, 1.165) is 19.5 Å². The molecule has 6 heteroatoms. The van der Waals surface area contributed by atoms with E-state index in [0.29, 0.717) is 24.3 Å². The number of carbonyl (C=O) groups is 3. The highest BCUT2D eigenvalue weighted by atomic mass is 16.2. The third-order valence-corrected chi connectivity index (χ3v) is 8.31. The third kappa shape index (κ3) is 3.11. The van der Waals surface area contributed by atoms with E-state index in [-0.39, 0.29) is 41.4 Å². The first-order chi connectivity index (χ1) is 16.4. The second-order valence-corrected chi connectivity index (χ2v) is 10.1. The fourth-order valence-electron chi connectivity index (χ4n) is 6.35. The molecule has 3 amide bonds. The second kappa shape index (κ2) is 7.83. The van der Waals surface area contributed by atoms with E-state index in [2.05, 4.69) is 49.1 Å². The van der Waals surface area contributed by atoms with E-state index in [1.54, 1.807) is 24.3 Å². The molecule has 4 atom stereocenters. The van der Waals surface area contributed by atoms with Crippen molar-refractivity contribution in [2.24, 2.45) is 23.7 Å². The number of nitrogens with zero attached hydrogens (tertiary/aromatic N) is 3. The van der Waals surface area contributed by atoms with Crippen LogP contribution in [0.1, 0.15) is 27.9 Å². The summed E-state index contributed by atoms with van der Waals surface area (Å²) in [6.45, 7) is 7.09. The molecule has 2 aromatic carbocycles. The molecule has 2 aliphatic carbocycles. The van der Waals surface area contributed by atoms with Gasteiger partial charge in [0.1, 0.15) is 0 Å². The first-order valence-corrected chi connectivity index (χ1v) is 12.2. The molecule has 0 N–H and O–H groups in total. The number of fused-ring (bicyclic) bond motifs is 5. The number of amides is 3. The molecule has 2 bridgehead atoms. The third-order valence-electron chi connectivity index (χ3n) is 8.31. The molecule has 2 aromatic rings. The van der Waals surface area contributed by atoms with Gasteiger partial charge in [-0.15, -0.1) is 0 Å². The van der Waals surface area contributed by atoms with Gasteiger partial charge in [0.25, 0.3) is 5.91 Å². The van der Waals surface area contributed by atoms with Crippen LogP contribution in [0.3, 0.4) is 0 Å². The zero-order valence-corrected chi connectivity index (χ0v) is 19.6. The van der Waals surface area contributed by atoms with Crippen LogP contribution in [0.15, 0.2) is 54.6 Å². The number of anilines is 2. The second-order valence-electron chi connectivity index (χ2n) is 10.1. The van der Waals surface area contributed by atoms with Crippen molar-refractivity contribution >= 4 is 29.1 Å². The van der Waals surface area contributed by atoms with E-state index in [9.17, 15) is 14.4 Å². The molecule has 0 radical (unpaired) electrons. The van der Waals surface area contributed by atoms with Gasteiger partial charge < -0.3 is 9.80 Å². The number of benzene rings is 2. The van der Waals surface area contributed by atoms with Gasteiger partial charge in [0.2, 0.25) is 11.8 Å². The summed E-state index contributed by atoms with van der Waals surface area (Å²) in [6, 6.07) is 13.4. The van der Waals surface area contributed by atoms with Crippen LogP contribution in [0.4, 0.5) is 11.4 Å². The summed E-state index contributed by atoms with van der Waals surface area (Å²) in [5.74, 6) is -0.398. The SMILES string of the molecule is Cc1cccc(N2CCN(C(=O)c3cccc(N4C(=O)[C@H]5[C@H](C4=O)[C@H]4C=C[C@H]5C4)c3)CC2)c1C. The van der Waals surface area contributed by atoms with Gasteiger partial charge in [-0.05, 0) is 67.5 Å². The van der Waals surface area contributed by atoms with Crippen molar-refractivity contribution in [3.05, 3.63) is 71.3 Å². The molecular weight excluding hydrogens is 426 g/mol. The van der Waals surface area contributed by atoms with Gasteiger partial charge in [-0.2, -0.15) is 0 Å². The summed E-state index contributed by atoms with van der Waals surface area (Å²) < 4.78 is 0. The van der Waals surface area contributed by atoms with Crippen molar-refractivity contribution in [3.63, 3.8) is 0 Å². The highest BCUT2D eigenvalue weighted by Crippen LogP contribution is 2.53. The molecule has 4 aliphatic rings. The van der Waals surface area contributed by atoms with Gasteiger partial charge in [0.15, 0.2) is 0 Å². The van der Waals surface area contributed by atoms with Crippen molar-refractivity contribution in [1.82, 2.24) is 4.90 Å². The lowest BCUT2D eigenvalue weighted by atomic mass is 9.85. The Balaban J connectivity index is 1.17. The molecule has 2 aliphatic heterocycles. The Morgan fingerprint density at radius 2 is 1.50 bits per heavy atom. The summed E-state index contributed by atoms with van der Waals surface area (Å²) in [7, 11) is 0. The predicted octanol–water partition coefficient (Wildman–Crippen LogP) is 3.58. The van der Waals surface area contributed by atoms with Gasteiger partial charge >= 0.3 is 0 Å². The molecule has 2 saturated heterocycles. The van der Waals surface area contributed by atoms with Crippen molar-refractivity contribution in [1.29, 1.82) is 0 Å². The molecule has 3 fully saturated rings. The lowest BCUT2D eigenvalue weighted by molar-refractivity contribution is -0.123. The quantitative estimate of drug-likeness (QED) is 0.524. The highest BCUT2D eigenvalue weighted by Gasteiger charge is 2.59. The monoisotopic (exact) mass is 455 g/mol. The van der Waals surface area contributed by atoms with Gasteiger partial charge in [0, 0.05) is 37.4 Å². The average Bonchev–Trinajstić information content (AvgIpc) is 3.54. The molecule has 0 aromatic heterocycles. The Morgan fingerprint density at radius 1 is 0.853 bits per heavy atom. The Hall–Kier alpha value is -3.41. The molecule has 34 heavy (non-hydrogen) atoms. The number of hydrogen-bond acceptors (Lipinski definition) is 4. The molecule has 6 nitrogen and oxygen atoms in total. The zero-order valence-electron chi connectivity index (χ0n) is 19.6. The minimum Gasteiger partial charge on any atom is -0.368 e. The summed E-state index contributed by atoms with van der Waals surface area (Å²) in [6.07, 6.45) is 5.10. The van der Waals surface area contributed by atoms with E-state index in [1.165, 1.54) is 21.7 Å². The fraction of sp³-hybridized carbons (Fsp3) is 0.393. The Bertz CT molecular complexity index is 1200. The first kappa shape index (κ1) is 21.1. The maximum absolute atomic E-state index is 13.3. The van der Waals surface area contributed by atoms with Gasteiger partial charge in [-0.3, -0.25) is 14.4 Å². The van der Waals surface area contributed by atoms with Crippen molar-refractivity contribution < 1.29 is 14.4 Å². The minimum absolute atomic E-state index is 0.0523. The maximum atomic E-state index is 13.3. The minimum atomic E-state index is -0.236. The smallest absolute Gasteiger partial charge is 0.254 e. The normalized spacial score (nSPS) is 27.6. The lowest BCUT2D eigenvalue weighted by Crippen LogP contribution is -2.49. The molecular formula is C28H29N3O3. The number of rotatable bonds is 3. The highest BCUT2D eigenvalue weighted by molar-refractivity contribution is 6.23. The number of piperazine rings is 1. The van der Waals surface area contributed by atoms with Gasteiger partial charge in [-0.25, -0.2) is 4.90 Å². The number of hydrogen-bond donors (Lipinski definition) is 0. The molecule has 174 valence electrons. The fourth-order valence-corrected chi connectivity index (χ4v) is 6.35. The lowest BCUT2D eigenvalue weighted by Gasteiger charge is -2.37. The number of imide groups is 1. The summed E-state index contributed by atoms with van der Waals surface area (Å²) >= 11 is 0. The van der Waals surface area contributed by atoms with Crippen LogP contribution < -0.4 is 9.80 Å². The summed E-state index contributed by atoms with van der Waals surface area (Å²) in [5.41, 5.74) is 4.82. The Kier molecular flexibility index (Phi) is 4.87. The van der Waals surface area contributed by atoms with Crippen LogP contribution in [0.25, 0.3) is 0 Å². The van der Waals surface area contributed by atoms with Crippen molar-refractivity contribution in [2.45, 2.75) is 20.3 Å². The number of aryl methyl sites for hydroxylation is 1. The van der Waals surface area contributed by atoms with Gasteiger partial charge in [0.05, 0.1) is 17.5 Å². The van der Waals surface area contributed by atoms with Crippen LogP contribution in [-0.4, -0.2) is 48.8 Å². The van der Waals surface area contributed by atoms with Crippen molar-refractivity contribution in [2.75, 3.05) is 36.0 Å². The van der Waals surface area contributed by atoms with Gasteiger partial charge in [-0.1, -0.05) is 30.4 Å². The van der Waals surface area contributed by atoms with Crippen LogP contribution in [0.2, 0.25) is 0 Å². The van der Waals surface area contributed by atoms with Crippen LogP contribution in [0.5, 0.6) is 0 Å². The largest absolute Gasteiger partial charge is 0.368 e. The van der Waals surface area contributed by atoms with E-state index in [1.807, 2.05) is 4.90 Å². The summed E-state index contributed by atoms with van der Waals surface area (Å²) in [5, 5.41) is 0. The predicted molar refractivity (Wildman–Crippen MR) is 131 cm³/mol. The standard InChI is InChI=1S/C28H29N3O3/c1-17-5-3-8-23(18(17)2)29-11-13-30(14-12-29)26(32)21-6-4-7-22(16-21)31-27(33)24-19-9-10-20(15-19)25(24)28(31)34/h3-10,16,19-20,24-25H,11-15H2,1-2H3/t19-,20-,24+,25+/m0/s1. The molecule has 6 rings (SSSR count).